The minimum absolute atomic E-state index is 0. The second-order valence-electron chi connectivity index (χ2n) is 0.891. The number of carbonyl (C=O) groups excluding carboxylic acids is 1. The predicted molar refractivity (Wildman–Crippen MR) is 34.1 cm³/mol. The van der Waals surface area contributed by atoms with Crippen molar-refractivity contribution in [3.05, 3.63) is 0 Å². The largest absolute Gasteiger partial charge is 0.397 e. The van der Waals surface area contributed by atoms with Gasteiger partial charge in [-0.15, -0.1) is 0 Å². The molecule has 8 heavy (non-hydrogen) atoms. The Labute approximate surface area is 50.3 Å². The Bertz CT molecular complexity index is 31.6. The van der Waals surface area contributed by atoms with Crippen LogP contribution in [0, 0.1) is 0 Å². The van der Waals surface area contributed by atoms with Crippen molar-refractivity contribution >= 4 is 6.29 Å². The molecule has 0 fully saturated rings. The van der Waals surface area contributed by atoms with E-state index in [2.05, 4.69) is 0 Å². The molecule has 3 nitrogen and oxygen atoms in total. The minimum atomic E-state index is 0. The standard InChI is InChI=1S/C3H6O.C2H6O.H3N/c1-2-3-4;1-2-3;/h3H,2H2,1H3;3H,2H2,1H3;1H3. The lowest BCUT2D eigenvalue weighted by Gasteiger charge is -1.52. The molecular formula is C5H15NO2. The molecule has 0 aliphatic carbocycles. The van der Waals surface area contributed by atoms with Crippen LogP contribution in [0.3, 0.4) is 0 Å². The van der Waals surface area contributed by atoms with Gasteiger partial charge in [0.1, 0.15) is 6.29 Å². The molecule has 0 aliphatic rings. The summed E-state index contributed by atoms with van der Waals surface area (Å²) in [6.07, 6.45) is 1.51. The summed E-state index contributed by atoms with van der Waals surface area (Å²) in [5, 5.41) is 7.57. The Morgan fingerprint density at radius 1 is 1.50 bits per heavy atom. The summed E-state index contributed by atoms with van der Waals surface area (Å²) in [7, 11) is 0. The highest BCUT2D eigenvalue weighted by atomic mass is 16.2. The predicted octanol–water partition coefficient (Wildman–Crippen LogP) is 0.756. The van der Waals surface area contributed by atoms with Gasteiger partial charge in [0, 0.05) is 13.0 Å². The van der Waals surface area contributed by atoms with Crippen molar-refractivity contribution in [2.24, 2.45) is 0 Å². The van der Waals surface area contributed by atoms with Gasteiger partial charge in [-0.25, -0.2) is 0 Å². The van der Waals surface area contributed by atoms with E-state index in [1.54, 1.807) is 6.92 Å². The highest BCUT2D eigenvalue weighted by molar-refractivity contribution is 5.48. The Morgan fingerprint density at radius 2 is 1.62 bits per heavy atom. The molecule has 0 spiro atoms. The van der Waals surface area contributed by atoms with E-state index in [-0.39, 0.29) is 12.8 Å². The van der Waals surface area contributed by atoms with Crippen LogP contribution in [-0.2, 0) is 4.79 Å². The maximum Gasteiger partial charge on any atom is 0.119 e. The third-order valence-corrected chi connectivity index (χ3v) is 0.167. The fraction of sp³-hybridized carbons (Fsp3) is 0.800. The van der Waals surface area contributed by atoms with E-state index < -0.39 is 0 Å². The van der Waals surface area contributed by atoms with Gasteiger partial charge in [0.15, 0.2) is 0 Å². The third-order valence-electron chi connectivity index (χ3n) is 0.167. The molecule has 0 aromatic carbocycles. The lowest BCUT2D eigenvalue weighted by molar-refractivity contribution is -0.107. The summed E-state index contributed by atoms with van der Waals surface area (Å²) >= 11 is 0. The average Bonchev–Trinajstić information content (AvgIpc) is 1.69. The monoisotopic (exact) mass is 121 g/mol. The Morgan fingerprint density at radius 3 is 1.62 bits per heavy atom. The number of aliphatic hydroxyl groups is 1. The number of aldehydes is 1. The molecule has 0 amide bonds. The molecule has 0 heterocycles. The van der Waals surface area contributed by atoms with Gasteiger partial charge in [0.25, 0.3) is 0 Å². The van der Waals surface area contributed by atoms with Gasteiger partial charge in [-0.3, -0.25) is 0 Å². The Hall–Kier alpha value is -0.410. The van der Waals surface area contributed by atoms with Crippen LogP contribution < -0.4 is 6.15 Å². The molecule has 0 radical (unpaired) electrons. The summed E-state index contributed by atoms with van der Waals surface area (Å²) in [4.78, 5) is 9.17. The molecule has 0 saturated heterocycles. The van der Waals surface area contributed by atoms with Crippen molar-refractivity contribution in [2.45, 2.75) is 20.3 Å². The molecule has 0 aliphatic heterocycles. The fourth-order valence-corrected chi connectivity index (χ4v) is 0. The van der Waals surface area contributed by atoms with Gasteiger partial charge < -0.3 is 16.1 Å². The second kappa shape index (κ2) is 30.7. The van der Waals surface area contributed by atoms with Gasteiger partial charge in [0.2, 0.25) is 0 Å². The molecule has 0 rings (SSSR count). The maximum absolute atomic E-state index is 9.17. The topological polar surface area (TPSA) is 72.3 Å². The number of rotatable bonds is 1. The molecule has 52 valence electrons. The van der Waals surface area contributed by atoms with Gasteiger partial charge in [-0.1, -0.05) is 6.92 Å². The van der Waals surface area contributed by atoms with E-state index >= 15 is 0 Å². The highest BCUT2D eigenvalue weighted by Gasteiger charge is 1.52. The second-order valence-corrected chi connectivity index (χ2v) is 0.891. The molecule has 0 atom stereocenters. The first kappa shape index (κ1) is 15.6. The zero-order chi connectivity index (χ0) is 6.12. The summed E-state index contributed by atoms with van der Waals surface area (Å²) in [6, 6.07) is 0. The third kappa shape index (κ3) is 338. The van der Waals surface area contributed by atoms with Crippen molar-refractivity contribution in [3.63, 3.8) is 0 Å². The molecule has 0 aromatic rings. The van der Waals surface area contributed by atoms with E-state index in [9.17, 15) is 4.79 Å². The first-order valence-corrected chi connectivity index (χ1v) is 2.37. The summed E-state index contributed by atoms with van der Waals surface area (Å²) < 4.78 is 0. The molecular weight excluding hydrogens is 106 g/mol. The number of hydrogen-bond acceptors (Lipinski definition) is 3. The molecule has 0 unspecified atom stereocenters. The molecule has 3 heteroatoms. The van der Waals surface area contributed by atoms with Crippen LogP contribution in [-0.4, -0.2) is 18.0 Å². The van der Waals surface area contributed by atoms with Gasteiger partial charge in [0.05, 0.1) is 0 Å². The number of aliphatic hydroxyl groups excluding tert-OH is 1. The lowest BCUT2D eigenvalue weighted by Crippen LogP contribution is -1.57. The minimum Gasteiger partial charge on any atom is -0.397 e. The normalized spacial score (nSPS) is 5.38. The summed E-state index contributed by atoms with van der Waals surface area (Å²) in [5.74, 6) is 0. The van der Waals surface area contributed by atoms with Crippen LogP contribution in [0.2, 0.25) is 0 Å². The van der Waals surface area contributed by atoms with Crippen LogP contribution in [0.4, 0.5) is 0 Å². The van der Waals surface area contributed by atoms with E-state index in [1.165, 1.54) is 0 Å². The number of carbonyl (C=O) groups is 1. The summed E-state index contributed by atoms with van der Waals surface area (Å²) in [6.45, 7) is 3.74. The van der Waals surface area contributed by atoms with Gasteiger partial charge in [-0.05, 0) is 6.92 Å². The average molecular weight is 121 g/mol. The first-order chi connectivity index (χ1) is 3.33. The zero-order valence-electron chi connectivity index (χ0n) is 5.55. The summed E-state index contributed by atoms with van der Waals surface area (Å²) in [5.41, 5.74) is 0. The fourth-order valence-electron chi connectivity index (χ4n) is 0. The van der Waals surface area contributed by atoms with Crippen molar-refractivity contribution in [3.8, 4) is 0 Å². The van der Waals surface area contributed by atoms with Crippen molar-refractivity contribution < 1.29 is 9.90 Å². The molecule has 4 N–H and O–H groups in total. The molecule has 0 aromatic heterocycles. The van der Waals surface area contributed by atoms with E-state index in [0.29, 0.717) is 6.42 Å². The van der Waals surface area contributed by atoms with Crippen LogP contribution in [0.25, 0.3) is 0 Å². The van der Waals surface area contributed by atoms with Gasteiger partial charge in [-0.2, -0.15) is 0 Å². The maximum atomic E-state index is 9.17. The van der Waals surface area contributed by atoms with E-state index in [0.717, 1.165) is 6.29 Å². The van der Waals surface area contributed by atoms with Gasteiger partial charge >= 0.3 is 0 Å². The SMILES string of the molecule is CCC=O.CCO.N. The smallest absolute Gasteiger partial charge is 0.119 e. The Kier molecular flexibility index (Phi) is 60.0. The van der Waals surface area contributed by atoms with Crippen LogP contribution in [0.15, 0.2) is 0 Å². The van der Waals surface area contributed by atoms with Crippen LogP contribution in [0.1, 0.15) is 20.3 Å². The lowest BCUT2D eigenvalue weighted by atomic mass is 10.6. The quantitative estimate of drug-likeness (QED) is 0.503. The number of hydrogen-bond donors (Lipinski definition) is 2. The first-order valence-electron chi connectivity index (χ1n) is 2.37. The highest BCUT2D eigenvalue weighted by Crippen LogP contribution is 1.53. The van der Waals surface area contributed by atoms with Crippen molar-refractivity contribution in [1.82, 2.24) is 6.15 Å². The zero-order valence-corrected chi connectivity index (χ0v) is 5.55. The van der Waals surface area contributed by atoms with E-state index in [4.69, 9.17) is 5.11 Å². The van der Waals surface area contributed by atoms with E-state index in [1.807, 2.05) is 6.92 Å². The Balaban J connectivity index is -0.0000000575. The molecule has 0 saturated carbocycles. The van der Waals surface area contributed by atoms with Crippen LogP contribution in [0.5, 0.6) is 0 Å². The van der Waals surface area contributed by atoms with Crippen LogP contribution >= 0.6 is 0 Å². The van der Waals surface area contributed by atoms with Crippen molar-refractivity contribution in [2.75, 3.05) is 6.61 Å². The van der Waals surface area contributed by atoms with Crippen molar-refractivity contribution in [1.29, 1.82) is 0 Å². The molecule has 0 bridgehead atoms.